The van der Waals surface area contributed by atoms with E-state index in [2.05, 4.69) is 14.7 Å². The first-order valence-electron chi connectivity index (χ1n) is 3.32. The fraction of sp³-hybridized carbons (Fsp3) is 0.286. The van der Waals surface area contributed by atoms with Gasteiger partial charge < -0.3 is 10.5 Å². The molecule has 2 N–H and O–H groups in total. The summed E-state index contributed by atoms with van der Waals surface area (Å²) >= 11 is 0. The topological polar surface area (TPSA) is 78.1 Å². The van der Waals surface area contributed by atoms with E-state index in [0.29, 0.717) is 5.69 Å². The SMILES string of the molecule is COC(=O)c1ncnc(C)c1N. The van der Waals surface area contributed by atoms with Crippen LogP contribution in [0, 0.1) is 6.92 Å². The maximum absolute atomic E-state index is 11.0. The Morgan fingerprint density at radius 1 is 1.58 bits per heavy atom. The minimum absolute atomic E-state index is 0.116. The van der Waals surface area contributed by atoms with Crippen molar-refractivity contribution in [2.24, 2.45) is 0 Å². The third-order valence-corrected chi connectivity index (χ3v) is 1.46. The van der Waals surface area contributed by atoms with Crippen LogP contribution in [0.25, 0.3) is 0 Å². The van der Waals surface area contributed by atoms with Crippen LogP contribution in [0.15, 0.2) is 6.33 Å². The number of hydrogen-bond acceptors (Lipinski definition) is 5. The van der Waals surface area contributed by atoms with Gasteiger partial charge in [-0.3, -0.25) is 0 Å². The van der Waals surface area contributed by atoms with Crippen molar-refractivity contribution in [1.29, 1.82) is 0 Å². The number of anilines is 1. The fourth-order valence-corrected chi connectivity index (χ4v) is 0.743. The summed E-state index contributed by atoms with van der Waals surface area (Å²) in [7, 11) is 1.28. The standard InChI is InChI=1S/C7H9N3O2/c1-4-5(8)6(7(11)12-2)10-3-9-4/h3H,8H2,1-2H3. The quantitative estimate of drug-likeness (QED) is 0.602. The highest BCUT2D eigenvalue weighted by atomic mass is 16.5. The zero-order chi connectivity index (χ0) is 9.14. The Morgan fingerprint density at radius 2 is 2.25 bits per heavy atom. The lowest BCUT2D eigenvalue weighted by Crippen LogP contribution is -2.10. The summed E-state index contributed by atoms with van der Waals surface area (Å²) in [6.45, 7) is 1.70. The summed E-state index contributed by atoms with van der Waals surface area (Å²) in [6, 6.07) is 0. The third-order valence-electron chi connectivity index (χ3n) is 1.46. The van der Waals surface area contributed by atoms with Crippen LogP contribution >= 0.6 is 0 Å². The van der Waals surface area contributed by atoms with Crippen LogP contribution in [0.1, 0.15) is 16.2 Å². The largest absolute Gasteiger partial charge is 0.464 e. The van der Waals surface area contributed by atoms with Crippen LogP contribution in [0.2, 0.25) is 0 Å². The maximum Gasteiger partial charge on any atom is 0.358 e. The number of nitrogens with zero attached hydrogens (tertiary/aromatic N) is 2. The Hall–Kier alpha value is -1.65. The second-order valence-corrected chi connectivity index (χ2v) is 2.21. The van der Waals surface area contributed by atoms with Crippen molar-refractivity contribution in [3.05, 3.63) is 17.7 Å². The number of rotatable bonds is 1. The van der Waals surface area contributed by atoms with E-state index >= 15 is 0 Å². The molecule has 0 aliphatic carbocycles. The number of carbonyl (C=O) groups excluding carboxylic acids is 1. The summed E-state index contributed by atoms with van der Waals surface area (Å²) in [4.78, 5) is 18.5. The van der Waals surface area contributed by atoms with E-state index in [0.717, 1.165) is 0 Å². The Morgan fingerprint density at radius 3 is 2.83 bits per heavy atom. The smallest absolute Gasteiger partial charge is 0.358 e. The highest BCUT2D eigenvalue weighted by molar-refractivity contribution is 5.93. The van der Waals surface area contributed by atoms with Crippen molar-refractivity contribution < 1.29 is 9.53 Å². The first-order valence-corrected chi connectivity index (χ1v) is 3.32. The second kappa shape index (κ2) is 3.17. The monoisotopic (exact) mass is 167 g/mol. The van der Waals surface area contributed by atoms with Gasteiger partial charge in [-0.15, -0.1) is 0 Å². The number of hydrogen-bond donors (Lipinski definition) is 1. The molecule has 0 aromatic carbocycles. The number of ether oxygens (including phenoxy) is 1. The molecule has 1 aromatic rings. The highest BCUT2D eigenvalue weighted by Crippen LogP contribution is 2.11. The van der Waals surface area contributed by atoms with E-state index in [1.165, 1.54) is 13.4 Å². The molecule has 5 nitrogen and oxygen atoms in total. The lowest BCUT2D eigenvalue weighted by molar-refractivity contribution is 0.0595. The number of nitrogens with two attached hydrogens (primary N) is 1. The van der Waals surface area contributed by atoms with Gasteiger partial charge in [0.05, 0.1) is 18.5 Å². The number of esters is 1. The summed E-state index contributed by atoms with van der Waals surface area (Å²) in [5.74, 6) is -0.544. The van der Waals surface area contributed by atoms with Gasteiger partial charge in [0, 0.05) is 0 Å². The van der Waals surface area contributed by atoms with Crippen molar-refractivity contribution in [3.8, 4) is 0 Å². The van der Waals surface area contributed by atoms with E-state index in [1.807, 2.05) is 0 Å². The molecule has 0 radical (unpaired) electrons. The molecule has 0 bridgehead atoms. The number of nitrogen functional groups attached to an aromatic ring is 1. The van der Waals surface area contributed by atoms with Gasteiger partial charge in [-0.05, 0) is 6.92 Å². The van der Waals surface area contributed by atoms with E-state index in [4.69, 9.17) is 5.73 Å². The fourth-order valence-electron chi connectivity index (χ4n) is 0.743. The molecule has 64 valence electrons. The second-order valence-electron chi connectivity index (χ2n) is 2.21. The molecule has 1 heterocycles. The van der Waals surface area contributed by atoms with Crippen LogP contribution < -0.4 is 5.73 Å². The summed E-state index contributed by atoms with van der Waals surface area (Å²) in [5, 5.41) is 0. The van der Waals surface area contributed by atoms with Gasteiger partial charge in [-0.25, -0.2) is 14.8 Å². The molecule has 0 aliphatic rings. The van der Waals surface area contributed by atoms with Gasteiger partial charge in [-0.1, -0.05) is 0 Å². The zero-order valence-corrected chi connectivity index (χ0v) is 6.87. The zero-order valence-electron chi connectivity index (χ0n) is 6.87. The van der Waals surface area contributed by atoms with Crippen molar-refractivity contribution in [2.45, 2.75) is 6.92 Å². The molecular formula is C7H9N3O2. The molecule has 0 unspecified atom stereocenters. The first kappa shape index (κ1) is 8.45. The Labute approximate surface area is 69.6 Å². The van der Waals surface area contributed by atoms with Crippen molar-refractivity contribution in [1.82, 2.24) is 9.97 Å². The Balaban J connectivity index is 3.16. The number of methoxy groups -OCH3 is 1. The van der Waals surface area contributed by atoms with Gasteiger partial charge in [0.1, 0.15) is 6.33 Å². The average molecular weight is 167 g/mol. The predicted molar refractivity (Wildman–Crippen MR) is 42.5 cm³/mol. The number of aryl methyl sites for hydroxylation is 1. The highest BCUT2D eigenvalue weighted by Gasteiger charge is 2.12. The molecule has 1 rings (SSSR count). The molecule has 5 heteroatoms. The molecule has 0 atom stereocenters. The molecular weight excluding hydrogens is 158 g/mol. The minimum atomic E-state index is -0.544. The minimum Gasteiger partial charge on any atom is -0.464 e. The van der Waals surface area contributed by atoms with E-state index in [-0.39, 0.29) is 11.4 Å². The van der Waals surface area contributed by atoms with Gasteiger partial charge in [-0.2, -0.15) is 0 Å². The van der Waals surface area contributed by atoms with Crippen molar-refractivity contribution in [2.75, 3.05) is 12.8 Å². The van der Waals surface area contributed by atoms with Gasteiger partial charge in [0.25, 0.3) is 0 Å². The summed E-state index contributed by atoms with van der Waals surface area (Å²) < 4.78 is 4.46. The average Bonchev–Trinajstić information content (AvgIpc) is 2.08. The van der Waals surface area contributed by atoms with E-state index < -0.39 is 5.97 Å². The molecule has 0 amide bonds. The van der Waals surface area contributed by atoms with Crippen molar-refractivity contribution in [3.63, 3.8) is 0 Å². The third kappa shape index (κ3) is 1.34. The van der Waals surface area contributed by atoms with Crippen LogP contribution in [0.5, 0.6) is 0 Å². The molecule has 1 aromatic heterocycles. The Kier molecular flexibility index (Phi) is 2.23. The number of aromatic nitrogens is 2. The first-order chi connectivity index (χ1) is 5.66. The van der Waals surface area contributed by atoms with E-state index in [9.17, 15) is 4.79 Å². The van der Waals surface area contributed by atoms with Gasteiger partial charge in [0.15, 0.2) is 5.69 Å². The number of carbonyl (C=O) groups is 1. The molecule has 12 heavy (non-hydrogen) atoms. The molecule has 0 saturated heterocycles. The normalized spacial score (nSPS) is 9.50. The summed E-state index contributed by atoms with van der Waals surface area (Å²) in [5.41, 5.74) is 6.49. The lowest BCUT2D eigenvalue weighted by Gasteiger charge is -2.02. The molecule has 0 spiro atoms. The molecule has 0 aliphatic heterocycles. The lowest BCUT2D eigenvalue weighted by atomic mass is 10.3. The maximum atomic E-state index is 11.0. The van der Waals surface area contributed by atoms with E-state index in [1.54, 1.807) is 6.92 Å². The van der Waals surface area contributed by atoms with Crippen molar-refractivity contribution >= 4 is 11.7 Å². The van der Waals surface area contributed by atoms with Crippen LogP contribution in [0.4, 0.5) is 5.69 Å². The van der Waals surface area contributed by atoms with Crippen LogP contribution in [-0.4, -0.2) is 23.0 Å². The molecule has 0 fully saturated rings. The van der Waals surface area contributed by atoms with Gasteiger partial charge in [0.2, 0.25) is 0 Å². The van der Waals surface area contributed by atoms with Gasteiger partial charge >= 0.3 is 5.97 Å². The summed E-state index contributed by atoms with van der Waals surface area (Å²) in [6.07, 6.45) is 1.28. The molecule has 0 saturated carbocycles. The Bertz CT molecular complexity index is 312. The van der Waals surface area contributed by atoms with Crippen LogP contribution in [-0.2, 0) is 4.74 Å². The predicted octanol–water partition coefficient (Wildman–Crippen LogP) is 0.154. The van der Waals surface area contributed by atoms with Crippen LogP contribution in [0.3, 0.4) is 0 Å².